The molecule has 0 atom stereocenters. The zero-order valence-electron chi connectivity index (χ0n) is 13.4. The highest BCUT2D eigenvalue weighted by molar-refractivity contribution is 5.79. The van der Waals surface area contributed by atoms with Crippen LogP contribution in [0.5, 0.6) is 0 Å². The SMILES string of the molecule is Cc1ccc(N2CCN(C(=O)Cc3ccc(F)cc3F)CC2)nn1. The Kier molecular flexibility index (Phi) is 4.69. The molecule has 1 amide bonds. The topological polar surface area (TPSA) is 49.3 Å². The Balaban J connectivity index is 1.58. The molecular weight excluding hydrogens is 314 g/mol. The number of carbonyl (C=O) groups excluding carboxylic acids is 1. The summed E-state index contributed by atoms with van der Waals surface area (Å²) in [6.45, 7) is 4.25. The first-order valence-electron chi connectivity index (χ1n) is 7.80. The lowest BCUT2D eigenvalue weighted by molar-refractivity contribution is -0.130. The first kappa shape index (κ1) is 16.3. The zero-order valence-corrected chi connectivity index (χ0v) is 13.4. The molecule has 3 rings (SSSR count). The van der Waals surface area contributed by atoms with Crippen molar-refractivity contribution in [1.82, 2.24) is 15.1 Å². The van der Waals surface area contributed by atoms with Crippen LogP contribution in [0, 0.1) is 18.6 Å². The monoisotopic (exact) mass is 332 g/mol. The first-order chi connectivity index (χ1) is 11.5. The first-order valence-corrected chi connectivity index (χ1v) is 7.80. The van der Waals surface area contributed by atoms with Crippen molar-refractivity contribution in [2.75, 3.05) is 31.1 Å². The Labute approximate surface area is 138 Å². The van der Waals surface area contributed by atoms with Gasteiger partial charge in [-0.25, -0.2) is 8.78 Å². The van der Waals surface area contributed by atoms with Gasteiger partial charge in [-0.15, -0.1) is 5.10 Å². The average Bonchev–Trinajstić information content (AvgIpc) is 2.58. The summed E-state index contributed by atoms with van der Waals surface area (Å²) in [6, 6.07) is 7.10. The predicted octanol–water partition coefficient (Wildman–Crippen LogP) is 1.95. The van der Waals surface area contributed by atoms with E-state index in [9.17, 15) is 13.6 Å². The van der Waals surface area contributed by atoms with E-state index < -0.39 is 11.6 Å². The number of nitrogens with zero attached hydrogens (tertiary/aromatic N) is 4. The molecule has 5 nitrogen and oxygen atoms in total. The number of hydrogen-bond donors (Lipinski definition) is 0. The van der Waals surface area contributed by atoms with Crippen LogP contribution in [0.4, 0.5) is 14.6 Å². The molecule has 0 bridgehead atoms. The van der Waals surface area contributed by atoms with Gasteiger partial charge in [-0.05, 0) is 30.7 Å². The summed E-state index contributed by atoms with van der Waals surface area (Å²) in [4.78, 5) is 16.1. The van der Waals surface area contributed by atoms with E-state index in [1.54, 1.807) is 4.90 Å². The van der Waals surface area contributed by atoms with Gasteiger partial charge in [0.25, 0.3) is 0 Å². The number of halogens is 2. The number of piperazine rings is 1. The predicted molar refractivity (Wildman–Crippen MR) is 85.6 cm³/mol. The number of amides is 1. The molecule has 1 aliphatic rings. The minimum absolute atomic E-state index is 0.0591. The van der Waals surface area contributed by atoms with Gasteiger partial charge in [0, 0.05) is 32.2 Å². The fourth-order valence-corrected chi connectivity index (χ4v) is 2.69. The van der Waals surface area contributed by atoms with E-state index >= 15 is 0 Å². The van der Waals surface area contributed by atoms with Crippen LogP contribution < -0.4 is 4.90 Å². The molecule has 1 fully saturated rings. The highest BCUT2D eigenvalue weighted by Crippen LogP contribution is 2.15. The molecule has 0 saturated carbocycles. The van der Waals surface area contributed by atoms with Gasteiger partial charge >= 0.3 is 0 Å². The van der Waals surface area contributed by atoms with E-state index in [2.05, 4.69) is 15.1 Å². The van der Waals surface area contributed by atoms with Crippen LogP contribution in [0.3, 0.4) is 0 Å². The van der Waals surface area contributed by atoms with Crippen molar-refractivity contribution in [3.05, 3.63) is 53.2 Å². The molecule has 1 saturated heterocycles. The number of hydrogen-bond acceptors (Lipinski definition) is 4. The van der Waals surface area contributed by atoms with E-state index in [4.69, 9.17) is 0 Å². The Bertz CT molecular complexity index is 728. The van der Waals surface area contributed by atoms with Crippen LogP contribution in [-0.4, -0.2) is 47.2 Å². The Morgan fingerprint density at radius 2 is 1.83 bits per heavy atom. The smallest absolute Gasteiger partial charge is 0.227 e. The van der Waals surface area contributed by atoms with Crippen molar-refractivity contribution in [2.45, 2.75) is 13.3 Å². The van der Waals surface area contributed by atoms with E-state index in [-0.39, 0.29) is 17.9 Å². The lowest BCUT2D eigenvalue weighted by atomic mass is 10.1. The van der Waals surface area contributed by atoms with Crippen LogP contribution in [0.15, 0.2) is 30.3 Å². The van der Waals surface area contributed by atoms with Gasteiger partial charge in [-0.1, -0.05) is 6.07 Å². The number of carbonyl (C=O) groups is 1. The second kappa shape index (κ2) is 6.90. The lowest BCUT2D eigenvalue weighted by Gasteiger charge is -2.35. The number of aromatic nitrogens is 2. The molecule has 0 spiro atoms. The van der Waals surface area contributed by atoms with Crippen LogP contribution >= 0.6 is 0 Å². The number of aryl methyl sites for hydroxylation is 1. The molecule has 0 unspecified atom stereocenters. The maximum atomic E-state index is 13.7. The molecule has 0 N–H and O–H groups in total. The van der Waals surface area contributed by atoms with Crippen molar-refractivity contribution in [3.8, 4) is 0 Å². The normalized spacial score (nSPS) is 14.8. The summed E-state index contributed by atoms with van der Waals surface area (Å²) >= 11 is 0. The van der Waals surface area contributed by atoms with Gasteiger partial charge in [0.05, 0.1) is 12.1 Å². The third kappa shape index (κ3) is 3.67. The third-order valence-corrected chi connectivity index (χ3v) is 4.10. The maximum Gasteiger partial charge on any atom is 0.227 e. The van der Waals surface area contributed by atoms with E-state index in [0.29, 0.717) is 26.2 Å². The summed E-state index contributed by atoms with van der Waals surface area (Å²) in [5, 5.41) is 8.18. The highest BCUT2D eigenvalue weighted by atomic mass is 19.1. The third-order valence-electron chi connectivity index (χ3n) is 4.10. The zero-order chi connectivity index (χ0) is 17.1. The molecule has 2 heterocycles. The number of anilines is 1. The van der Waals surface area contributed by atoms with E-state index in [0.717, 1.165) is 17.6 Å². The molecule has 1 aromatic heterocycles. The molecule has 2 aromatic rings. The van der Waals surface area contributed by atoms with Gasteiger partial charge in [0.1, 0.15) is 11.6 Å². The Hall–Kier alpha value is -2.57. The van der Waals surface area contributed by atoms with Crippen molar-refractivity contribution < 1.29 is 13.6 Å². The van der Waals surface area contributed by atoms with Crippen molar-refractivity contribution in [3.63, 3.8) is 0 Å². The van der Waals surface area contributed by atoms with Gasteiger partial charge in [-0.2, -0.15) is 5.10 Å². The summed E-state index contributed by atoms with van der Waals surface area (Å²) in [5.41, 5.74) is 1.07. The van der Waals surface area contributed by atoms with Crippen LogP contribution in [-0.2, 0) is 11.2 Å². The van der Waals surface area contributed by atoms with E-state index in [1.807, 2.05) is 19.1 Å². The summed E-state index contributed by atoms with van der Waals surface area (Å²) < 4.78 is 26.6. The number of benzene rings is 1. The highest BCUT2D eigenvalue weighted by Gasteiger charge is 2.23. The summed E-state index contributed by atoms with van der Waals surface area (Å²) in [7, 11) is 0. The summed E-state index contributed by atoms with van der Waals surface area (Å²) in [5.74, 6) is -0.694. The molecule has 126 valence electrons. The fourth-order valence-electron chi connectivity index (χ4n) is 2.69. The molecular formula is C17H18F2N4O. The second-order valence-corrected chi connectivity index (χ2v) is 5.81. The summed E-state index contributed by atoms with van der Waals surface area (Å²) in [6.07, 6.45) is -0.0591. The van der Waals surface area contributed by atoms with Crippen molar-refractivity contribution in [2.24, 2.45) is 0 Å². The standard InChI is InChI=1S/C17H18F2N4O/c1-12-2-5-16(21-20-12)22-6-8-23(9-7-22)17(24)10-13-3-4-14(18)11-15(13)19/h2-5,11H,6-10H2,1H3. The quantitative estimate of drug-likeness (QED) is 0.862. The van der Waals surface area contributed by atoms with Crippen molar-refractivity contribution >= 4 is 11.7 Å². The fraction of sp³-hybridized carbons (Fsp3) is 0.353. The minimum atomic E-state index is -0.683. The number of rotatable bonds is 3. The molecule has 7 heteroatoms. The minimum Gasteiger partial charge on any atom is -0.352 e. The molecule has 1 aliphatic heterocycles. The lowest BCUT2D eigenvalue weighted by Crippen LogP contribution is -2.49. The average molecular weight is 332 g/mol. The van der Waals surface area contributed by atoms with Crippen LogP contribution in [0.1, 0.15) is 11.3 Å². The second-order valence-electron chi connectivity index (χ2n) is 5.81. The maximum absolute atomic E-state index is 13.7. The van der Waals surface area contributed by atoms with E-state index in [1.165, 1.54) is 12.1 Å². The van der Waals surface area contributed by atoms with Gasteiger partial charge < -0.3 is 9.80 Å². The van der Waals surface area contributed by atoms with Crippen LogP contribution in [0.2, 0.25) is 0 Å². The molecule has 0 aliphatic carbocycles. The van der Waals surface area contributed by atoms with Gasteiger partial charge in [0.15, 0.2) is 5.82 Å². The molecule has 24 heavy (non-hydrogen) atoms. The van der Waals surface area contributed by atoms with Crippen LogP contribution in [0.25, 0.3) is 0 Å². The molecule has 1 aromatic carbocycles. The van der Waals surface area contributed by atoms with Crippen molar-refractivity contribution in [1.29, 1.82) is 0 Å². The van der Waals surface area contributed by atoms with Gasteiger partial charge in [-0.3, -0.25) is 4.79 Å². The molecule has 0 radical (unpaired) electrons. The van der Waals surface area contributed by atoms with Gasteiger partial charge in [0.2, 0.25) is 5.91 Å². The Morgan fingerprint density at radius 1 is 1.08 bits per heavy atom. The largest absolute Gasteiger partial charge is 0.352 e. The Morgan fingerprint density at radius 3 is 2.46 bits per heavy atom.